The van der Waals surface area contributed by atoms with Crippen LogP contribution in [0.5, 0.6) is 5.75 Å². The van der Waals surface area contributed by atoms with E-state index in [0.29, 0.717) is 5.56 Å². The molecule has 1 atom stereocenters. The van der Waals surface area contributed by atoms with Gasteiger partial charge in [-0.15, -0.1) is 0 Å². The van der Waals surface area contributed by atoms with Crippen LogP contribution in [0, 0.1) is 0 Å². The number of benzene rings is 2. The lowest BCUT2D eigenvalue weighted by molar-refractivity contribution is 0.0677. The highest BCUT2D eigenvalue weighted by Crippen LogP contribution is 2.30. The zero-order valence-electron chi connectivity index (χ0n) is 12.4. The molecule has 1 unspecified atom stereocenters. The number of methoxy groups -OCH3 is 1. The Morgan fingerprint density at radius 1 is 1.14 bits per heavy atom. The van der Waals surface area contributed by atoms with Gasteiger partial charge in [0.15, 0.2) is 0 Å². The van der Waals surface area contributed by atoms with Gasteiger partial charge >= 0.3 is 0 Å². The lowest BCUT2D eigenvalue weighted by atomic mass is 9.93. The van der Waals surface area contributed by atoms with Crippen LogP contribution in [-0.4, -0.2) is 24.5 Å². The highest BCUT2D eigenvalue weighted by Gasteiger charge is 2.27. The number of carbonyl (C=O) groups is 1. The van der Waals surface area contributed by atoms with Crippen LogP contribution in [0.3, 0.4) is 0 Å². The summed E-state index contributed by atoms with van der Waals surface area (Å²) in [5.41, 5.74) is 3.32. The summed E-state index contributed by atoms with van der Waals surface area (Å²) in [7, 11) is 1.63. The molecule has 108 valence electrons. The molecule has 0 spiro atoms. The molecule has 0 aliphatic carbocycles. The van der Waals surface area contributed by atoms with Crippen LogP contribution in [0.15, 0.2) is 48.5 Å². The Balaban J connectivity index is 1.85. The molecule has 0 aromatic heterocycles. The second-order valence-electron chi connectivity index (χ2n) is 5.35. The minimum Gasteiger partial charge on any atom is -0.497 e. The van der Waals surface area contributed by atoms with Gasteiger partial charge in [0.2, 0.25) is 0 Å². The topological polar surface area (TPSA) is 29.5 Å². The summed E-state index contributed by atoms with van der Waals surface area (Å²) in [6.07, 6.45) is 0.919. The normalized spacial score (nSPS) is 17.2. The van der Waals surface area contributed by atoms with Crippen molar-refractivity contribution in [2.45, 2.75) is 19.4 Å². The molecule has 2 aromatic carbocycles. The lowest BCUT2D eigenvalue weighted by Gasteiger charge is -2.35. The Labute approximate surface area is 125 Å². The van der Waals surface area contributed by atoms with Crippen molar-refractivity contribution in [3.63, 3.8) is 0 Å². The molecule has 3 rings (SSSR count). The molecule has 0 fully saturated rings. The quantitative estimate of drug-likeness (QED) is 0.843. The van der Waals surface area contributed by atoms with Crippen LogP contribution in [0.2, 0.25) is 0 Å². The van der Waals surface area contributed by atoms with E-state index in [1.165, 1.54) is 11.1 Å². The first-order valence-electron chi connectivity index (χ1n) is 7.23. The van der Waals surface area contributed by atoms with Gasteiger partial charge in [0.25, 0.3) is 5.91 Å². The molecule has 0 saturated carbocycles. The molecule has 21 heavy (non-hydrogen) atoms. The van der Waals surface area contributed by atoms with Gasteiger partial charge in [-0.25, -0.2) is 0 Å². The summed E-state index contributed by atoms with van der Waals surface area (Å²) in [6, 6.07) is 15.8. The second-order valence-corrected chi connectivity index (χ2v) is 5.35. The Kier molecular flexibility index (Phi) is 3.65. The van der Waals surface area contributed by atoms with E-state index in [-0.39, 0.29) is 11.9 Å². The first-order valence-corrected chi connectivity index (χ1v) is 7.23. The van der Waals surface area contributed by atoms with E-state index in [2.05, 4.69) is 25.1 Å². The maximum absolute atomic E-state index is 12.7. The van der Waals surface area contributed by atoms with Gasteiger partial charge < -0.3 is 9.64 Å². The number of hydrogen-bond donors (Lipinski definition) is 0. The van der Waals surface area contributed by atoms with E-state index < -0.39 is 0 Å². The summed E-state index contributed by atoms with van der Waals surface area (Å²) >= 11 is 0. The molecule has 0 saturated heterocycles. The predicted octanol–water partition coefficient (Wildman–Crippen LogP) is 3.45. The molecule has 1 amide bonds. The van der Waals surface area contributed by atoms with Crippen molar-refractivity contribution in [2.24, 2.45) is 0 Å². The smallest absolute Gasteiger partial charge is 0.254 e. The van der Waals surface area contributed by atoms with Gasteiger partial charge in [-0.1, -0.05) is 24.3 Å². The summed E-state index contributed by atoms with van der Waals surface area (Å²) < 4.78 is 5.14. The molecule has 0 bridgehead atoms. The van der Waals surface area contributed by atoms with Crippen LogP contribution in [0.4, 0.5) is 0 Å². The number of hydrogen-bond acceptors (Lipinski definition) is 2. The SMILES string of the molecule is COc1ccc(C(=O)N2CCc3ccccc3C2C)cc1. The van der Waals surface area contributed by atoms with Crippen molar-refractivity contribution < 1.29 is 9.53 Å². The van der Waals surface area contributed by atoms with Gasteiger partial charge in [0, 0.05) is 12.1 Å². The zero-order valence-corrected chi connectivity index (χ0v) is 12.4. The molecule has 1 aliphatic heterocycles. The monoisotopic (exact) mass is 281 g/mol. The van der Waals surface area contributed by atoms with Crippen LogP contribution >= 0.6 is 0 Å². The van der Waals surface area contributed by atoms with Gasteiger partial charge in [-0.05, 0) is 48.7 Å². The summed E-state index contributed by atoms with van der Waals surface area (Å²) in [5, 5.41) is 0. The third kappa shape index (κ3) is 2.51. The van der Waals surface area contributed by atoms with E-state index >= 15 is 0 Å². The van der Waals surface area contributed by atoms with E-state index in [4.69, 9.17) is 4.74 Å². The number of carbonyl (C=O) groups excluding carboxylic acids is 1. The molecular weight excluding hydrogens is 262 g/mol. The fourth-order valence-corrected chi connectivity index (χ4v) is 2.95. The molecule has 0 N–H and O–H groups in total. The van der Waals surface area contributed by atoms with Crippen molar-refractivity contribution >= 4 is 5.91 Å². The van der Waals surface area contributed by atoms with Crippen LogP contribution < -0.4 is 4.74 Å². The van der Waals surface area contributed by atoms with Crippen molar-refractivity contribution in [1.82, 2.24) is 4.90 Å². The number of ether oxygens (including phenoxy) is 1. The Morgan fingerprint density at radius 3 is 2.57 bits per heavy atom. The standard InChI is InChI=1S/C18H19NO2/c1-13-17-6-4-3-5-14(17)11-12-19(13)18(20)15-7-9-16(21-2)10-8-15/h3-10,13H,11-12H2,1-2H3. The van der Waals surface area contributed by atoms with E-state index in [1.54, 1.807) is 7.11 Å². The Hall–Kier alpha value is -2.29. The molecule has 0 radical (unpaired) electrons. The molecule has 3 nitrogen and oxygen atoms in total. The van der Waals surface area contributed by atoms with Crippen molar-refractivity contribution in [2.75, 3.05) is 13.7 Å². The zero-order chi connectivity index (χ0) is 14.8. The van der Waals surface area contributed by atoms with Gasteiger partial charge in [0.1, 0.15) is 5.75 Å². The largest absolute Gasteiger partial charge is 0.497 e. The molecule has 1 aliphatic rings. The van der Waals surface area contributed by atoms with E-state index in [1.807, 2.05) is 35.2 Å². The van der Waals surface area contributed by atoms with Crippen molar-refractivity contribution in [3.8, 4) is 5.75 Å². The van der Waals surface area contributed by atoms with E-state index in [9.17, 15) is 4.79 Å². The predicted molar refractivity (Wildman–Crippen MR) is 82.6 cm³/mol. The first kappa shape index (κ1) is 13.7. The average molecular weight is 281 g/mol. The molecule has 2 aromatic rings. The van der Waals surface area contributed by atoms with E-state index in [0.717, 1.165) is 18.7 Å². The van der Waals surface area contributed by atoms with Gasteiger partial charge in [0.05, 0.1) is 13.2 Å². The summed E-state index contributed by atoms with van der Waals surface area (Å²) in [6.45, 7) is 2.86. The third-order valence-electron chi connectivity index (χ3n) is 4.19. The van der Waals surface area contributed by atoms with Gasteiger partial charge in [-0.2, -0.15) is 0 Å². The number of nitrogens with zero attached hydrogens (tertiary/aromatic N) is 1. The highest BCUT2D eigenvalue weighted by atomic mass is 16.5. The Bertz CT molecular complexity index is 649. The maximum atomic E-state index is 12.7. The van der Waals surface area contributed by atoms with Crippen LogP contribution in [0.1, 0.15) is 34.5 Å². The van der Waals surface area contributed by atoms with Crippen LogP contribution in [0.25, 0.3) is 0 Å². The number of amides is 1. The fourth-order valence-electron chi connectivity index (χ4n) is 2.95. The highest BCUT2D eigenvalue weighted by molar-refractivity contribution is 5.94. The van der Waals surface area contributed by atoms with Gasteiger partial charge in [-0.3, -0.25) is 4.79 Å². The summed E-state index contributed by atoms with van der Waals surface area (Å²) in [4.78, 5) is 14.7. The summed E-state index contributed by atoms with van der Waals surface area (Å²) in [5.74, 6) is 0.850. The molecule has 3 heteroatoms. The average Bonchev–Trinajstić information content (AvgIpc) is 2.55. The molecule has 1 heterocycles. The van der Waals surface area contributed by atoms with Crippen LogP contribution in [-0.2, 0) is 6.42 Å². The lowest BCUT2D eigenvalue weighted by Crippen LogP contribution is -2.38. The van der Waals surface area contributed by atoms with Crippen molar-refractivity contribution in [1.29, 1.82) is 0 Å². The first-order chi connectivity index (χ1) is 10.2. The fraction of sp³-hybridized carbons (Fsp3) is 0.278. The minimum absolute atomic E-state index is 0.0830. The maximum Gasteiger partial charge on any atom is 0.254 e. The number of rotatable bonds is 2. The molecular formula is C18H19NO2. The number of fused-ring (bicyclic) bond motifs is 1. The van der Waals surface area contributed by atoms with Crippen molar-refractivity contribution in [3.05, 3.63) is 65.2 Å². The second kappa shape index (κ2) is 5.60. The Morgan fingerprint density at radius 2 is 1.86 bits per heavy atom. The minimum atomic E-state index is 0.0830. The third-order valence-corrected chi connectivity index (χ3v) is 4.19.